The second-order valence-electron chi connectivity index (χ2n) is 11.0. The second-order valence-corrected chi connectivity index (χ2v) is 11.0. The van der Waals surface area contributed by atoms with Gasteiger partial charge in [0.15, 0.2) is 5.96 Å². The Bertz CT molecular complexity index is 565. The lowest BCUT2D eigenvalue weighted by Crippen LogP contribution is -2.58. The minimum Gasteiger partial charge on any atom is -0.357 e. The fraction of sp³-hybridized carbons (Fsp3) is 0.962. The number of likely N-dealkylation sites (tertiary alicyclic amines) is 3. The lowest BCUT2D eigenvalue weighted by molar-refractivity contribution is 0.0207. The molecule has 184 valence electrons. The molecule has 0 radical (unpaired) electrons. The Kier molecular flexibility index (Phi) is 9.13. The van der Waals surface area contributed by atoms with Crippen LogP contribution in [0.25, 0.3) is 0 Å². The van der Waals surface area contributed by atoms with Gasteiger partial charge in [-0.1, -0.05) is 25.7 Å². The summed E-state index contributed by atoms with van der Waals surface area (Å²) in [5.74, 6) is 1.05. The van der Waals surface area contributed by atoms with Crippen molar-refractivity contribution < 1.29 is 0 Å². The van der Waals surface area contributed by atoms with Gasteiger partial charge in [-0.15, -0.1) is 0 Å². The fourth-order valence-electron chi connectivity index (χ4n) is 6.57. The maximum Gasteiger partial charge on any atom is 0.191 e. The maximum atomic E-state index is 5.23. The molecule has 4 aliphatic rings. The van der Waals surface area contributed by atoms with Crippen molar-refractivity contribution in [2.45, 2.75) is 102 Å². The van der Waals surface area contributed by atoms with E-state index < -0.39 is 0 Å². The molecule has 6 heteroatoms. The Labute approximate surface area is 197 Å². The number of piperidine rings is 3. The molecule has 0 amide bonds. The summed E-state index contributed by atoms with van der Waals surface area (Å²) in [5.41, 5.74) is 0.264. The van der Waals surface area contributed by atoms with Gasteiger partial charge < -0.3 is 20.4 Å². The number of hydrogen-bond donors (Lipinski definition) is 2. The Morgan fingerprint density at radius 2 is 1.50 bits per heavy atom. The van der Waals surface area contributed by atoms with E-state index in [-0.39, 0.29) is 5.54 Å². The first-order valence-corrected chi connectivity index (χ1v) is 13.9. The number of hydrogen-bond acceptors (Lipinski definition) is 4. The molecule has 0 aromatic rings. The van der Waals surface area contributed by atoms with Crippen LogP contribution < -0.4 is 10.6 Å². The number of guanidine groups is 1. The Morgan fingerprint density at radius 3 is 2.16 bits per heavy atom. The van der Waals surface area contributed by atoms with Gasteiger partial charge in [0.05, 0.1) is 6.54 Å². The SMILES string of the molecule is CCNC(=NCC1(N2CCCCC2)CCN(C)CC1)NC1CCN(C2CCCCC2)CC1. The summed E-state index contributed by atoms with van der Waals surface area (Å²) in [4.78, 5) is 13.3. The summed E-state index contributed by atoms with van der Waals surface area (Å²) in [6, 6.07) is 1.43. The van der Waals surface area contributed by atoms with Crippen LogP contribution in [-0.2, 0) is 0 Å². The molecule has 1 aliphatic carbocycles. The molecule has 0 spiro atoms. The summed E-state index contributed by atoms with van der Waals surface area (Å²) in [6.07, 6.45) is 16.3. The number of nitrogens with one attached hydrogen (secondary N) is 2. The highest BCUT2D eigenvalue weighted by molar-refractivity contribution is 5.80. The van der Waals surface area contributed by atoms with E-state index in [1.165, 1.54) is 116 Å². The maximum absolute atomic E-state index is 5.23. The highest BCUT2D eigenvalue weighted by atomic mass is 15.3. The topological polar surface area (TPSA) is 46.1 Å². The molecule has 0 unspecified atom stereocenters. The first kappa shape index (κ1) is 24.3. The van der Waals surface area contributed by atoms with Gasteiger partial charge in [-0.2, -0.15) is 0 Å². The third-order valence-electron chi connectivity index (χ3n) is 8.78. The molecule has 4 fully saturated rings. The van der Waals surface area contributed by atoms with Gasteiger partial charge in [0.2, 0.25) is 0 Å². The predicted octanol–water partition coefficient (Wildman–Crippen LogP) is 3.29. The van der Waals surface area contributed by atoms with Crippen LogP contribution in [0.4, 0.5) is 0 Å². The number of aliphatic imine (C=N–C) groups is 1. The molecule has 0 atom stereocenters. The van der Waals surface area contributed by atoms with Crippen molar-refractivity contribution in [3.8, 4) is 0 Å². The molecule has 32 heavy (non-hydrogen) atoms. The van der Waals surface area contributed by atoms with Crippen molar-refractivity contribution in [3.63, 3.8) is 0 Å². The minimum absolute atomic E-state index is 0.264. The summed E-state index contributed by atoms with van der Waals surface area (Å²) in [5, 5.41) is 7.40. The van der Waals surface area contributed by atoms with Crippen molar-refractivity contribution in [2.75, 3.05) is 59.4 Å². The Balaban J connectivity index is 1.34. The smallest absolute Gasteiger partial charge is 0.191 e. The largest absolute Gasteiger partial charge is 0.357 e. The van der Waals surface area contributed by atoms with Crippen molar-refractivity contribution in [1.29, 1.82) is 0 Å². The van der Waals surface area contributed by atoms with E-state index in [9.17, 15) is 0 Å². The van der Waals surface area contributed by atoms with Crippen molar-refractivity contribution in [3.05, 3.63) is 0 Å². The van der Waals surface area contributed by atoms with Crippen LogP contribution in [0.2, 0.25) is 0 Å². The van der Waals surface area contributed by atoms with Crippen LogP contribution >= 0.6 is 0 Å². The summed E-state index contributed by atoms with van der Waals surface area (Å²) in [6.45, 7) is 11.5. The standard InChI is InChI=1S/C26H50N6/c1-3-27-25(29-23-12-18-31(19-13-23)24-10-6-4-7-11-24)28-22-26(14-20-30(2)21-15-26)32-16-8-5-9-17-32/h23-24H,3-22H2,1-2H3,(H2,27,28,29). The molecule has 3 heterocycles. The lowest BCUT2D eigenvalue weighted by atomic mass is 9.84. The summed E-state index contributed by atoms with van der Waals surface area (Å²) >= 11 is 0. The van der Waals surface area contributed by atoms with Crippen LogP contribution in [0.15, 0.2) is 4.99 Å². The van der Waals surface area contributed by atoms with E-state index in [1.807, 2.05) is 0 Å². The Hall–Kier alpha value is -0.850. The van der Waals surface area contributed by atoms with E-state index in [4.69, 9.17) is 4.99 Å². The molecule has 0 bridgehead atoms. The van der Waals surface area contributed by atoms with E-state index in [2.05, 4.69) is 39.3 Å². The predicted molar refractivity (Wildman–Crippen MR) is 135 cm³/mol. The van der Waals surface area contributed by atoms with E-state index >= 15 is 0 Å². The van der Waals surface area contributed by atoms with E-state index in [0.717, 1.165) is 25.1 Å². The van der Waals surface area contributed by atoms with Crippen molar-refractivity contribution >= 4 is 5.96 Å². The van der Waals surface area contributed by atoms with Gasteiger partial charge in [-0.25, -0.2) is 0 Å². The number of nitrogens with zero attached hydrogens (tertiary/aromatic N) is 4. The molecule has 6 nitrogen and oxygen atoms in total. The summed E-state index contributed by atoms with van der Waals surface area (Å²) < 4.78 is 0. The normalized spacial score (nSPS) is 28.0. The number of rotatable bonds is 6. The van der Waals surface area contributed by atoms with Crippen molar-refractivity contribution in [1.82, 2.24) is 25.3 Å². The van der Waals surface area contributed by atoms with Crippen LogP contribution in [0.1, 0.15) is 84.0 Å². The van der Waals surface area contributed by atoms with Gasteiger partial charge >= 0.3 is 0 Å². The average Bonchev–Trinajstić information content (AvgIpc) is 2.85. The molecule has 3 saturated heterocycles. The molecular formula is C26H50N6. The Morgan fingerprint density at radius 1 is 0.844 bits per heavy atom. The monoisotopic (exact) mass is 446 g/mol. The fourth-order valence-corrected chi connectivity index (χ4v) is 6.57. The molecule has 2 N–H and O–H groups in total. The molecule has 0 aromatic heterocycles. The van der Waals surface area contributed by atoms with Crippen LogP contribution in [0, 0.1) is 0 Å². The third-order valence-corrected chi connectivity index (χ3v) is 8.78. The highest BCUT2D eigenvalue weighted by Gasteiger charge is 2.39. The van der Waals surface area contributed by atoms with Gasteiger partial charge in [0.1, 0.15) is 0 Å². The quantitative estimate of drug-likeness (QED) is 0.484. The van der Waals surface area contributed by atoms with Gasteiger partial charge in [0.25, 0.3) is 0 Å². The zero-order valence-electron chi connectivity index (χ0n) is 21.1. The molecule has 0 aromatic carbocycles. The first-order chi connectivity index (χ1) is 15.7. The van der Waals surface area contributed by atoms with Gasteiger partial charge in [0, 0.05) is 37.3 Å². The summed E-state index contributed by atoms with van der Waals surface area (Å²) in [7, 11) is 2.27. The third kappa shape index (κ3) is 6.38. The zero-order valence-corrected chi connectivity index (χ0v) is 21.1. The molecule has 1 saturated carbocycles. The highest BCUT2D eigenvalue weighted by Crippen LogP contribution is 2.32. The minimum atomic E-state index is 0.264. The van der Waals surface area contributed by atoms with E-state index in [1.54, 1.807) is 0 Å². The lowest BCUT2D eigenvalue weighted by Gasteiger charge is -2.49. The zero-order chi connectivity index (χ0) is 22.2. The average molecular weight is 447 g/mol. The van der Waals surface area contributed by atoms with Crippen LogP contribution in [0.5, 0.6) is 0 Å². The van der Waals surface area contributed by atoms with E-state index in [0.29, 0.717) is 6.04 Å². The van der Waals surface area contributed by atoms with Crippen LogP contribution in [0.3, 0.4) is 0 Å². The molecular weight excluding hydrogens is 396 g/mol. The van der Waals surface area contributed by atoms with Gasteiger partial charge in [-0.3, -0.25) is 9.89 Å². The first-order valence-electron chi connectivity index (χ1n) is 13.9. The van der Waals surface area contributed by atoms with Crippen molar-refractivity contribution in [2.24, 2.45) is 4.99 Å². The second kappa shape index (κ2) is 12.0. The van der Waals surface area contributed by atoms with Gasteiger partial charge in [-0.05, 0) is 91.5 Å². The molecule has 4 rings (SSSR count). The van der Waals surface area contributed by atoms with Crippen LogP contribution in [-0.4, -0.2) is 97.7 Å². The molecule has 3 aliphatic heterocycles.